The monoisotopic (exact) mass is 352 g/mol. The fourth-order valence-corrected chi connectivity index (χ4v) is 2.64. The van der Waals surface area contributed by atoms with E-state index in [4.69, 9.17) is 14.9 Å². The molecule has 0 spiro atoms. The first-order chi connectivity index (χ1) is 11.3. The summed E-state index contributed by atoms with van der Waals surface area (Å²) >= 11 is 1.19. The number of nitrogens with two attached hydrogens (primary N) is 1. The van der Waals surface area contributed by atoms with E-state index < -0.39 is 11.5 Å². The van der Waals surface area contributed by atoms with Crippen LogP contribution in [0.5, 0.6) is 0 Å². The first-order valence-electron chi connectivity index (χ1n) is 7.36. The lowest BCUT2D eigenvalue weighted by Crippen LogP contribution is -2.25. The van der Waals surface area contributed by atoms with Crippen molar-refractivity contribution in [2.24, 2.45) is 5.73 Å². The summed E-state index contributed by atoms with van der Waals surface area (Å²) in [5, 5.41) is 8.65. The van der Waals surface area contributed by atoms with E-state index in [9.17, 15) is 9.59 Å². The van der Waals surface area contributed by atoms with Gasteiger partial charge in [0.2, 0.25) is 5.91 Å². The summed E-state index contributed by atoms with van der Waals surface area (Å²) in [6.07, 6.45) is 1.65. The summed E-state index contributed by atoms with van der Waals surface area (Å²) in [4.78, 5) is 22.9. The number of primary amides is 1. The van der Waals surface area contributed by atoms with Gasteiger partial charge in [-0.3, -0.25) is 14.2 Å². The number of esters is 1. The molecule has 2 heterocycles. The minimum Gasteiger partial charge on any atom is -0.461 e. The molecule has 0 bridgehead atoms. The van der Waals surface area contributed by atoms with Crippen LogP contribution in [0.4, 0.5) is 0 Å². The van der Waals surface area contributed by atoms with Crippen LogP contribution in [-0.4, -0.2) is 38.0 Å². The largest absolute Gasteiger partial charge is 0.461 e. The number of nitrogens with zero attached hydrogens (tertiary/aromatic N) is 3. The summed E-state index contributed by atoms with van der Waals surface area (Å²) < 4.78 is 12.3. The van der Waals surface area contributed by atoms with E-state index in [0.29, 0.717) is 23.3 Å². The number of furan rings is 1. The van der Waals surface area contributed by atoms with Crippen molar-refractivity contribution in [1.82, 2.24) is 14.8 Å². The molecule has 2 N–H and O–H groups in total. The topological polar surface area (TPSA) is 113 Å². The molecule has 0 aliphatic heterocycles. The van der Waals surface area contributed by atoms with E-state index in [1.165, 1.54) is 18.0 Å². The fourth-order valence-electron chi connectivity index (χ4n) is 1.90. The molecule has 0 aromatic carbocycles. The zero-order chi connectivity index (χ0) is 17.7. The summed E-state index contributed by atoms with van der Waals surface area (Å²) in [6.45, 7) is 5.72. The average molecular weight is 352 g/mol. The van der Waals surface area contributed by atoms with E-state index in [1.54, 1.807) is 37.5 Å². The maximum Gasteiger partial charge on any atom is 0.316 e. The Morgan fingerprint density at radius 2 is 2.12 bits per heavy atom. The van der Waals surface area contributed by atoms with Crippen LogP contribution in [0, 0.1) is 0 Å². The highest BCUT2D eigenvalue weighted by molar-refractivity contribution is 7.99. The summed E-state index contributed by atoms with van der Waals surface area (Å²) in [7, 11) is 0. The van der Waals surface area contributed by atoms with Crippen LogP contribution in [0.25, 0.3) is 11.6 Å². The zero-order valence-corrected chi connectivity index (χ0v) is 14.6. The lowest BCUT2D eigenvalue weighted by Gasteiger charge is -2.19. The van der Waals surface area contributed by atoms with Crippen molar-refractivity contribution in [3.8, 4) is 11.6 Å². The highest BCUT2D eigenvalue weighted by Crippen LogP contribution is 2.25. The predicted octanol–water partition coefficient (Wildman–Crippen LogP) is 1.85. The Kier molecular flexibility index (Phi) is 5.66. The third kappa shape index (κ3) is 5.12. The summed E-state index contributed by atoms with van der Waals surface area (Å²) in [5.74, 6) is 0.308. The van der Waals surface area contributed by atoms with Crippen LogP contribution < -0.4 is 5.73 Å². The Hall–Kier alpha value is -2.29. The van der Waals surface area contributed by atoms with Gasteiger partial charge in [-0.25, -0.2) is 0 Å². The highest BCUT2D eigenvalue weighted by Gasteiger charge is 2.20. The molecule has 2 aromatic rings. The van der Waals surface area contributed by atoms with E-state index >= 15 is 0 Å². The molecule has 2 rings (SSSR count). The number of ether oxygens (including phenoxy) is 1. The van der Waals surface area contributed by atoms with Crippen molar-refractivity contribution >= 4 is 23.6 Å². The van der Waals surface area contributed by atoms with E-state index in [2.05, 4.69) is 10.2 Å². The van der Waals surface area contributed by atoms with Crippen molar-refractivity contribution < 1.29 is 18.7 Å². The van der Waals surface area contributed by atoms with Gasteiger partial charge in [-0.05, 0) is 32.9 Å². The number of amides is 1. The second-order valence-corrected chi connectivity index (χ2v) is 6.97. The third-order valence-electron chi connectivity index (χ3n) is 2.78. The molecule has 9 heteroatoms. The Balaban J connectivity index is 2.14. The SMILES string of the molecule is CC(C)(C)OC(=O)CSc1nnc(-c2ccco2)n1CCC(N)=O. The normalized spacial score (nSPS) is 11.5. The predicted molar refractivity (Wildman–Crippen MR) is 88.1 cm³/mol. The van der Waals surface area contributed by atoms with Gasteiger partial charge in [0, 0.05) is 13.0 Å². The van der Waals surface area contributed by atoms with Gasteiger partial charge in [0.05, 0.1) is 12.0 Å². The van der Waals surface area contributed by atoms with Gasteiger partial charge in [-0.15, -0.1) is 10.2 Å². The smallest absolute Gasteiger partial charge is 0.316 e. The second kappa shape index (κ2) is 7.52. The number of hydrogen-bond acceptors (Lipinski definition) is 7. The van der Waals surface area contributed by atoms with Gasteiger partial charge in [-0.2, -0.15) is 0 Å². The Labute approximate surface area is 143 Å². The number of aromatic nitrogens is 3. The Morgan fingerprint density at radius 3 is 2.71 bits per heavy atom. The second-order valence-electron chi connectivity index (χ2n) is 6.03. The summed E-state index contributed by atoms with van der Waals surface area (Å²) in [5.41, 5.74) is 4.68. The molecule has 1 amide bonds. The Morgan fingerprint density at radius 1 is 1.38 bits per heavy atom. The van der Waals surface area contributed by atoms with E-state index in [0.717, 1.165) is 0 Å². The van der Waals surface area contributed by atoms with Crippen molar-refractivity contribution in [3.05, 3.63) is 18.4 Å². The highest BCUT2D eigenvalue weighted by atomic mass is 32.2. The van der Waals surface area contributed by atoms with Gasteiger partial charge < -0.3 is 14.9 Å². The number of rotatable bonds is 7. The molecule has 8 nitrogen and oxygen atoms in total. The number of carbonyl (C=O) groups excluding carboxylic acids is 2. The molecule has 24 heavy (non-hydrogen) atoms. The molecule has 130 valence electrons. The zero-order valence-electron chi connectivity index (χ0n) is 13.8. The lowest BCUT2D eigenvalue weighted by molar-refractivity contribution is -0.151. The molecule has 0 saturated heterocycles. The molecule has 0 radical (unpaired) electrons. The van der Waals surface area contributed by atoms with Crippen LogP contribution in [0.1, 0.15) is 27.2 Å². The molecule has 0 saturated carbocycles. The van der Waals surface area contributed by atoms with Crippen molar-refractivity contribution in [2.45, 2.75) is 44.5 Å². The van der Waals surface area contributed by atoms with Crippen LogP contribution >= 0.6 is 11.8 Å². The minimum absolute atomic E-state index is 0.0874. The van der Waals surface area contributed by atoms with E-state index in [-0.39, 0.29) is 18.1 Å². The van der Waals surface area contributed by atoms with Crippen molar-refractivity contribution in [2.75, 3.05) is 5.75 Å². The maximum atomic E-state index is 11.9. The quantitative estimate of drug-likeness (QED) is 0.597. The number of thioether (sulfide) groups is 1. The van der Waals surface area contributed by atoms with Gasteiger partial charge >= 0.3 is 5.97 Å². The molecular formula is C15H20N4O4S. The van der Waals surface area contributed by atoms with Crippen LogP contribution in [0.3, 0.4) is 0 Å². The molecular weight excluding hydrogens is 332 g/mol. The van der Waals surface area contributed by atoms with E-state index in [1.807, 2.05) is 0 Å². The molecule has 0 atom stereocenters. The van der Waals surface area contributed by atoms with Crippen molar-refractivity contribution in [3.63, 3.8) is 0 Å². The average Bonchev–Trinajstić information content (AvgIpc) is 3.10. The van der Waals surface area contributed by atoms with Crippen LogP contribution in [0.2, 0.25) is 0 Å². The first kappa shape index (κ1) is 18.1. The molecule has 0 fully saturated rings. The van der Waals surface area contributed by atoms with Crippen LogP contribution in [0.15, 0.2) is 28.0 Å². The maximum absolute atomic E-state index is 11.9. The van der Waals surface area contributed by atoms with Crippen molar-refractivity contribution in [1.29, 1.82) is 0 Å². The molecule has 2 aromatic heterocycles. The molecule has 0 aliphatic rings. The summed E-state index contributed by atoms with van der Waals surface area (Å²) in [6, 6.07) is 3.48. The van der Waals surface area contributed by atoms with Gasteiger partial charge in [0.15, 0.2) is 16.7 Å². The lowest BCUT2D eigenvalue weighted by atomic mass is 10.2. The molecule has 0 unspecified atom stereocenters. The fraction of sp³-hybridized carbons (Fsp3) is 0.467. The van der Waals surface area contributed by atoms with Gasteiger partial charge in [0.1, 0.15) is 5.60 Å². The van der Waals surface area contributed by atoms with Gasteiger partial charge in [0.25, 0.3) is 0 Å². The van der Waals surface area contributed by atoms with Crippen LogP contribution in [-0.2, 0) is 20.9 Å². The minimum atomic E-state index is -0.545. The van der Waals surface area contributed by atoms with Gasteiger partial charge in [-0.1, -0.05) is 11.8 Å². The first-order valence-corrected chi connectivity index (χ1v) is 8.35. The number of carbonyl (C=O) groups is 2. The Bertz CT molecular complexity index is 704. The standard InChI is InChI=1S/C15H20N4O4S/c1-15(2,3)23-12(21)9-24-14-18-17-13(10-5-4-8-22-10)19(14)7-6-11(16)20/h4-5,8H,6-7,9H2,1-3H3,(H2,16,20). The third-order valence-corrected chi connectivity index (χ3v) is 3.72. The number of hydrogen-bond donors (Lipinski definition) is 1. The molecule has 0 aliphatic carbocycles.